The highest BCUT2D eigenvalue weighted by Gasteiger charge is 2.25. The number of carbonyl (C=O) groups excluding carboxylic acids is 1. The number of carbonyl (C=O) groups is 1. The molecule has 8 heteroatoms. The Kier molecular flexibility index (Phi) is 7.91. The van der Waals surface area contributed by atoms with Crippen LogP contribution in [0.3, 0.4) is 0 Å². The Hall–Kier alpha value is -2.00. The second-order valence-electron chi connectivity index (χ2n) is 8.32. The van der Waals surface area contributed by atoms with Crippen molar-refractivity contribution in [2.45, 2.75) is 13.0 Å². The monoisotopic (exact) mass is 443 g/mol. The maximum atomic E-state index is 12.8. The first kappa shape index (κ1) is 22.2. The van der Waals surface area contributed by atoms with Crippen LogP contribution < -0.4 is 4.74 Å². The summed E-state index contributed by atoms with van der Waals surface area (Å²) in [5.74, 6) is 1.21. The zero-order valence-corrected chi connectivity index (χ0v) is 19.2. The lowest BCUT2D eigenvalue weighted by Gasteiger charge is -2.38. The van der Waals surface area contributed by atoms with Crippen molar-refractivity contribution < 1.29 is 9.53 Å². The third-order valence-corrected chi connectivity index (χ3v) is 6.94. The minimum atomic E-state index is 0.271. The molecule has 1 aromatic heterocycles. The molecule has 0 saturated carbocycles. The molecule has 0 bridgehead atoms. The van der Waals surface area contributed by atoms with Crippen molar-refractivity contribution in [1.29, 1.82) is 0 Å². The summed E-state index contributed by atoms with van der Waals surface area (Å²) in [7, 11) is 1.72. The van der Waals surface area contributed by atoms with E-state index in [1.807, 2.05) is 22.5 Å². The van der Waals surface area contributed by atoms with Crippen molar-refractivity contribution in [2.75, 3.05) is 72.6 Å². The van der Waals surface area contributed by atoms with Gasteiger partial charge in [-0.15, -0.1) is 11.3 Å². The molecular formula is C23H33N5O2S. The van der Waals surface area contributed by atoms with Crippen LogP contribution in [0.5, 0.6) is 5.75 Å². The van der Waals surface area contributed by atoms with Crippen LogP contribution in [0.4, 0.5) is 0 Å². The molecule has 4 rings (SSSR count). The topological polar surface area (TPSA) is 52.2 Å². The summed E-state index contributed by atoms with van der Waals surface area (Å²) in [5, 5.41) is 2.13. The number of thiazole rings is 1. The molecule has 1 aromatic carbocycles. The largest absolute Gasteiger partial charge is 0.496 e. The minimum Gasteiger partial charge on any atom is -0.496 e. The van der Waals surface area contributed by atoms with E-state index < -0.39 is 0 Å². The molecule has 2 fully saturated rings. The van der Waals surface area contributed by atoms with Crippen LogP contribution in [0.2, 0.25) is 0 Å². The average molecular weight is 444 g/mol. The van der Waals surface area contributed by atoms with Gasteiger partial charge in [0, 0.05) is 82.8 Å². The van der Waals surface area contributed by atoms with Crippen molar-refractivity contribution in [1.82, 2.24) is 24.6 Å². The van der Waals surface area contributed by atoms with Gasteiger partial charge < -0.3 is 14.5 Å². The van der Waals surface area contributed by atoms with Gasteiger partial charge in [-0.2, -0.15) is 0 Å². The number of nitrogens with zero attached hydrogens (tertiary/aromatic N) is 5. The van der Waals surface area contributed by atoms with Crippen LogP contribution in [0.25, 0.3) is 0 Å². The standard InChI is InChI=1S/C23H33N5O2S/c1-30-22-5-3-2-4-20(22)16-26-12-14-28(15-13-26)23(29)17-27-10-8-25(9-11-27)7-6-21-18-31-19-24-21/h2-5,18-19H,6-17H2,1H3. The molecule has 2 aliphatic rings. The van der Waals surface area contributed by atoms with Crippen molar-refractivity contribution in [3.8, 4) is 5.75 Å². The van der Waals surface area contributed by atoms with Gasteiger partial charge in [0.25, 0.3) is 0 Å². The number of ether oxygens (including phenoxy) is 1. The molecule has 0 unspecified atom stereocenters. The Balaban J connectivity index is 1.15. The Morgan fingerprint density at radius 2 is 1.71 bits per heavy atom. The molecule has 3 heterocycles. The first-order valence-corrected chi connectivity index (χ1v) is 12.1. The number of amides is 1. The Bertz CT molecular complexity index is 815. The minimum absolute atomic E-state index is 0.271. The number of methoxy groups -OCH3 is 1. The van der Waals surface area contributed by atoms with E-state index in [9.17, 15) is 4.79 Å². The van der Waals surface area contributed by atoms with E-state index in [0.717, 1.165) is 77.6 Å². The summed E-state index contributed by atoms with van der Waals surface area (Å²) in [6, 6.07) is 8.18. The number of hydrogen-bond acceptors (Lipinski definition) is 7. The van der Waals surface area contributed by atoms with Gasteiger partial charge in [0.05, 0.1) is 24.9 Å². The van der Waals surface area contributed by atoms with Gasteiger partial charge in [-0.1, -0.05) is 18.2 Å². The normalized spacial score (nSPS) is 18.9. The lowest BCUT2D eigenvalue weighted by atomic mass is 10.1. The number of hydrogen-bond donors (Lipinski definition) is 0. The van der Waals surface area contributed by atoms with Crippen molar-refractivity contribution >= 4 is 17.2 Å². The molecule has 0 aliphatic carbocycles. The third kappa shape index (κ3) is 6.26. The average Bonchev–Trinajstić information content (AvgIpc) is 3.33. The van der Waals surface area contributed by atoms with Gasteiger partial charge in [-0.05, 0) is 6.07 Å². The van der Waals surface area contributed by atoms with E-state index in [4.69, 9.17) is 4.74 Å². The first-order valence-electron chi connectivity index (χ1n) is 11.1. The maximum absolute atomic E-state index is 12.8. The lowest BCUT2D eigenvalue weighted by Crippen LogP contribution is -2.53. The summed E-state index contributed by atoms with van der Waals surface area (Å²) in [5.41, 5.74) is 4.29. The fourth-order valence-corrected chi connectivity index (χ4v) is 4.92. The van der Waals surface area contributed by atoms with E-state index >= 15 is 0 Å². The van der Waals surface area contributed by atoms with E-state index in [1.54, 1.807) is 18.4 Å². The number of aromatic nitrogens is 1. The highest BCUT2D eigenvalue weighted by atomic mass is 32.1. The Morgan fingerprint density at radius 3 is 2.42 bits per heavy atom. The first-order chi connectivity index (χ1) is 15.2. The lowest BCUT2D eigenvalue weighted by molar-refractivity contribution is -0.134. The van der Waals surface area contributed by atoms with E-state index in [-0.39, 0.29) is 5.91 Å². The molecule has 2 aromatic rings. The zero-order chi connectivity index (χ0) is 21.5. The molecular weight excluding hydrogens is 410 g/mol. The van der Waals surface area contributed by atoms with Gasteiger partial charge in [0.1, 0.15) is 5.75 Å². The fourth-order valence-electron chi connectivity index (χ4n) is 4.33. The SMILES string of the molecule is COc1ccccc1CN1CCN(C(=O)CN2CCN(CCc3cscn3)CC2)CC1. The van der Waals surface area contributed by atoms with Gasteiger partial charge >= 0.3 is 0 Å². The molecule has 31 heavy (non-hydrogen) atoms. The molecule has 0 spiro atoms. The third-order valence-electron chi connectivity index (χ3n) is 6.30. The number of rotatable bonds is 8. The number of piperazine rings is 2. The summed E-state index contributed by atoms with van der Waals surface area (Å²) < 4.78 is 5.47. The molecule has 2 saturated heterocycles. The highest BCUT2D eigenvalue weighted by molar-refractivity contribution is 7.07. The van der Waals surface area contributed by atoms with Crippen LogP contribution >= 0.6 is 11.3 Å². The van der Waals surface area contributed by atoms with Crippen molar-refractivity contribution in [2.24, 2.45) is 0 Å². The summed E-state index contributed by atoms with van der Waals surface area (Å²) >= 11 is 1.66. The molecule has 1 amide bonds. The van der Waals surface area contributed by atoms with Crippen LogP contribution in [0.15, 0.2) is 35.2 Å². The zero-order valence-electron chi connectivity index (χ0n) is 18.4. The Morgan fingerprint density at radius 1 is 1.00 bits per heavy atom. The smallest absolute Gasteiger partial charge is 0.236 e. The van der Waals surface area contributed by atoms with Crippen molar-refractivity contribution in [3.63, 3.8) is 0 Å². The molecule has 0 N–H and O–H groups in total. The van der Waals surface area contributed by atoms with Gasteiger partial charge in [-0.3, -0.25) is 14.6 Å². The van der Waals surface area contributed by atoms with Gasteiger partial charge in [-0.25, -0.2) is 4.98 Å². The van der Waals surface area contributed by atoms with Crippen molar-refractivity contribution in [3.05, 3.63) is 46.4 Å². The summed E-state index contributed by atoms with van der Waals surface area (Å²) in [4.78, 5) is 26.4. The second kappa shape index (κ2) is 11.0. The Labute approximate surface area is 189 Å². The second-order valence-corrected chi connectivity index (χ2v) is 9.04. The molecule has 168 valence electrons. The number of para-hydroxylation sites is 1. The van der Waals surface area contributed by atoms with E-state index in [1.165, 1.54) is 11.3 Å². The van der Waals surface area contributed by atoms with Gasteiger partial charge in [0.15, 0.2) is 0 Å². The van der Waals surface area contributed by atoms with Crippen LogP contribution in [-0.2, 0) is 17.8 Å². The molecule has 7 nitrogen and oxygen atoms in total. The number of benzene rings is 1. The molecule has 0 radical (unpaired) electrons. The summed E-state index contributed by atoms with van der Waals surface area (Å²) in [6.45, 7) is 9.91. The predicted octanol–water partition coefficient (Wildman–Crippen LogP) is 1.66. The van der Waals surface area contributed by atoms with Crippen LogP contribution in [-0.4, -0.2) is 103 Å². The van der Waals surface area contributed by atoms with E-state index in [0.29, 0.717) is 6.54 Å². The maximum Gasteiger partial charge on any atom is 0.236 e. The van der Waals surface area contributed by atoms with Crippen LogP contribution in [0, 0.1) is 0 Å². The highest BCUT2D eigenvalue weighted by Crippen LogP contribution is 2.20. The molecule has 0 atom stereocenters. The fraction of sp³-hybridized carbons (Fsp3) is 0.565. The predicted molar refractivity (Wildman–Crippen MR) is 124 cm³/mol. The van der Waals surface area contributed by atoms with E-state index in [2.05, 4.69) is 37.2 Å². The molecule has 2 aliphatic heterocycles. The quantitative estimate of drug-likeness (QED) is 0.619. The van der Waals surface area contributed by atoms with Crippen LogP contribution in [0.1, 0.15) is 11.3 Å². The summed E-state index contributed by atoms with van der Waals surface area (Å²) in [6.07, 6.45) is 1.02. The van der Waals surface area contributed by atoms with Gasteiger partial charge in [0.2, 0.25) is 5.91 Å².